The van der Waals surface area contributed by atoms with Crippen molar-refractivity contribution in [3.8, 4) is 0 Å². The molecule has 7 nitrogen and oxygen atoms in total. The Hall–Kier alpha value is -2.03. The van der Waals surface area contributed by atoms with Crippen LogP contribution in [0.5, 0.6) is 0 Å². The second-order valence-electron chi connectivity index (χ2n) is 3.38. The Morgan fingerprint density at radius 3 is 2.67 bits per heavy atom. The number of hydrogen-bond acceptors (Lipinski definition) is 4. The summed E-state index contributed by atoms with van der Waals surface area (Å²) in [4.78, 5) is 24.3. The molecule has 0 spiro atoms. The molecular weight excluding hydrogens is 252 g/mol. The molecule has 0 bridgehead atoms. The molecule has 0 atom stereocenters. The quantitative estimate of drug-likeness (QED) is 0.580. The molecule has 0 aliphatic carbocycles. The second kappa shape index (κ2) is 6.05. The number of amides is 1. The van der Waals surface area contributed by atoms with Gasteiger partial charge in [0.2, 0.25) is 0 Å². The standard InChI is InChI=1S/C9H11F2N3O4/c10-7(11)5-13(3-4-15)9(16)6-1-2-8(12-6)14(17)18/h1-2,7,12,15H,3-5H2. The summed E-state index contributed by atoms with van der Waals surface area (Å²) < 4.78 is 24.4. The molecule has 0 fully saturated rings. The highest BCUT2D eigenvalue weighted by Gasteiger charge is 2.23. The molecule has 0 saturated carbocycles. The molecule has 2 N–H and O–H groups in total. The third kappa shape index (κ3) is 3.48. The number of aliphatic hydroxyl groups is 1. The Labute approximate surface area is 100 Å². The van der Waals surface area contributed by atoms with Crippen molar-refractivity contribution in [2.75, 3.05) is 19.7 Å². The van der Waals surface area contributed by atoms with E-state index in [1.807, 2.05) is 0 Å². The Kier molecular flexibility index (Phi) is 4.72. The lowest BCUT2D eigenvalue weighted by Crippen LogP contribution is -2.37. The first-order valence-corrected chi connectivity index (χ1v) is 4.97. The smallest absolute Gasteiger partial charge is 0.321 e. The average Bonchev–Trinajstić information content (AvgIpc) is 2.76. The van der Waals surface area contributed by atoms with Crippen LogP contribution < -0.4 is 0 Å². The number of alkyl halides is 2. The fourth-order valence-electron chi connectivity index (χ4n) is 1.35. The van der Waals surface area contributed by atoms with E-state index >= 15 is 0 Å². The molecular formula is C9H11F2N3O4. The first kappa shape index (κ1) is 14.0. The van der Waals surface area contributed by atoms with Crippen molar-refractivity contribution in [3.63, 3.8) is 0 Å². The van der Waals surface area contributed by atoms with Crippen molar-refractivity contribution in [1.29, 1.82) is 0 Å². The maximum Gasteiger partial charge on any atom is 0.321 e. The average molecular weight is 263 g/mol. The number of hydrogen-bond donors (Lipinski definition) is 2. The summed E-state index contributed by atoms with van der Waals surface area (Å²) in [6.07, 6.45) is -2.74. The van der Waals surface area contributed by atoms with Crippen LogP contribution >= 0.6 is 0 Å². The number of halogens is 2. The van der Waals surface area contributed by atoms with Gasteiger partial charge in [-0.25, -0.2) is 13.8 Å². The summed E-state index contributed by atoms with van der Waals surface area (Å²) >= 11 is 0. The number of aliphatic hydroxyl groups excluding tert-OH is 1. The topological polar surface area (TPSA) is 99.5 Å². The minimum atomic E-state index is -2.74. The second-order valence-corrected chi connectivity index (χ2v) is 3.38. The summed E-state index contributed by atoms with van der Waals surface area (Å²) in [5.74, 6) is -1.23. The van der Waals surface area contributed by atoms with E-state index in [1.165, 1.54) is 0 Å². The van der Waals surface area contributed by atoms with Gasteiger partial charge in [-0.1, -0.05) is 0 Å². The van der Waals surface area contributed by atoms with E-state index in [0.29, 0.717) is 0 Å². The molecule has 1 amide bonds. The zero-order valence-electron chi connectivity index (χ0n) is 9.18. The molecule has 0 aliphatic heterocycles. The van der Waals surface area contributed by atoms with Crippen molar-refractivity contribution in [2.45, 2.75) is 6.43 Å². The molecule has 1 aromatic heterocycles. The van der Waals surface area contributed by atoms with Crippen LogP contribution in [0.3, 0.4) is 0 Å². The van der Waals surface area contributed by atoms with Gasteiger partial charge in [-0.15, -0.1) is 0 Å². The van der Waals surface area contributed by atoms with Crippen molar-refractivity contribution in [2.24, 2.45) is 0 Å². The lowest BCUT2D eigenvalue weighted by atomic mass is 10.3. The highest BCUT2D eigenvalue weighted by Crippen LogP contribution is 2.12. The zero-order chi connectivity index (χ0) is 13.7. The minimum absolute atomic E-state index is 0.171. The summed E-state index contributed by atoms with van der Waals surface area (Å²) in [5, 5.41) is 19.1. The normalized spacial score (nSPS) is 10.7. The minimum Gasteiger partial charge on any atom is -0.395 e. The van der Waals surface area contributed by atoms with E-state index in [-0.39, 0.29) is 12.2 Å². The SMILES string of the molecule is O=C(c1ccc([N+](=O)[O-])[nH]1)N(CCO)CC(F)F. The molecule has 1 rings (SSSR count). The van der Waals surface area contributed by atoms with E-state index in [4.69, 9.17) is 5.11 Å². The van der Waals surface area contributed by atoms with Gasteiger partial charge < -0.3 is 20.1 Å². The Morgan fingerprint density at radius 1 is 1.56 bits per heavy atom. The Balaban J connectivity index is 2.83. The van der Waals surface area contributed by atoms with Crippen LogP contribution in [0.2, 0.25) is 0 Å². The summed E-state index contributed by atoms with van der Waals surface area (Å²) in [7, 11) is 0. The lowest BCUT2D eigenvalue weighted by Gasteiger charge is -2.19. The molecule has 0 saturated heterocycles. The Bertz CT molecular complexity index is 435. The first-order valence-electron chi connectivity index (χ1n) is 4.97. The number of nitro groups is 1. The van der Waals surface area contributed by atoms with E-state index in [9.17, 15) is 23.7 Å². The number of carbonyl (C=O) groups excluding carboxylic acids is 1. The van der Waals surface area contributed by atoms with Crippen molar-refractivity contribution in [3.05, 3.63) is 27.9 Å². The van der Waals surface area contributed by atoms with Gasteiger partial charge in [-0.05, 0) is 11.0 Å². The number of H-pyrrole nitrogens is 1. The predicted octanol–water partition coefficient (Wildman–Crippen LogP) is 0.622. The third-order valence-electron chi connectivity index (χ3n) is 2.11. The van der Waals surface area contributed by atoms with E-state index in [1.54, 1.807) is 0 Å². The van der Waals surface area contributed by atoms with Crippen molar-refractivity contribution in [1.82, 2.24) is 9.88 Å². The molecule has 18 heavy (non-hydrogen) atoms. The highest BCUT2D eigenvalue weighted by molar-refractivity contribution is 5.92. The fraction of sp³-hybridized carbons (Fsp3) is 0.444. The van der Waals surface area contributed by atoms with Crippen LogP contribution in [0.4, 0.5) is 14.6 Å². The van der Waals surface area contributed by atoms with Gasteiger partial charge in [-0.3, -0.25) is 4.79 Å². The molecule has 1 heterocycles. The molecule has 9 heteroatoms. The highest BCUT2D eigenvalue weighted by atomic mass is 19.3. The van der Waals surface area contributed by atoms with Crippen LogP contribution in [0, 0.1) is 10.1 Å². The molecule has 0 aromatic carbocycles. The Morgan fingerprint density at radius 2 is 2.22 bits per heavy atom. The van der Waals surface area contributed by atoms with E-state index < -0.39 is 36.2 Å². The molecule has 0 radical (unpaired) electrons. The summed E-state index contributed by atoms with van der Waals surface area (Å²) in [5.41, 5.74) is -0.171. The fourth-order valence-corrected chi connectivity index (χ4v) is 1.35. The van der Waals surface area contributed by atoms with Gasteiger partial charge in [0.25, 0.3) is 12.3 Å². The molecule has 100 valence electrons. The number of nitrogens with one attached hydrogen (secondary N) is 1. The maximum absolute atomic E-state index is 12.2. The van der Waals surface area contributed by atoms with Crippen molar-refractivity contribution < 1.29 is 23.6 Å². The van der Waals surface area contributed by atoms with Gasteiger partial charge in [0.1, 0.15) is 0 Å². The molecule has 0 aliphatic rings. The van der Waals surface area contributed by atoms with Crippen LogP contribution in [0.15, 0.2) is 12.1 Å². The van der Waals surface area contributed by atoms with Crippen LogP contribution in [0.1, 0.15) is 10.5 Å². The lowest BCUT2D eigenvalue weighted by molar-refractivity contribution is -0.389. The monoisotopic (exact) mass is 263 g/mol. The molecule has 1 aromatic rings. The van der Waals surface area contributed by atoms with Crippen LogP contribution in [-0.4, -0.2) is 51.9 Å². The molecule has 0 unspecified atom stereocenters. The number of carbonyl (C=O) groups is 1. The zero-order valence-corrected chi connectivity index (χ0v) is 9.18. The number of nitrogens with zero attached hydrogens (tertiary/aromatic N) is 2. The van der Waals surface area contributed by atoms with Crippen LogP contribution in [0.25, 0.3) is 0 Å². The first-order chi connectivity index (χ1) is 8.45. The van der Waals surface area contributed by atoms with Gasteiger partial charge in [0.05, 0.1) is 13.2 Å². The number of aromatic nitrogens is 1. The van der Waals surface area contributed by atoms with Crippen LogP contribution in [-0.2, 0) is 0 Å². The predicted molar refractivity (Wildman–Crippen MR) is 56.4 cm³/mol. The van der Waals surface area contributed by atoms with E-state index in [2.05, 4.69) is 4.98 Å². The van der Waals surface area contributed by atoms with Crippen molar-refractivity contribution >= 4 is 11.7 Å². The number of rotatable bonds is 6. The van der Waals surface area contributed by atoms with Gasteiger partial charge in [-0.2, -0.15) is 0 Å². The van der Waals surface area contributed by atoms with Gasteiger partial charge in [0.15, 0.2) is 5.69 Å². The summed E-state index contributed by atoms with van der Waals surface area (Å²) in [6, 6.07) is 2.20. The third-order valence-corrected chi connectivity index (χ3v) is 2.11. The largest absolute Gasteiger partial charge is 0.395 e. The van der Waals surface area contributed by atoms with Gasteiger partial charge in [0, 0.05) is 12.6 Å². The van der Waals surface area contributed by atoms with E-state index in [0.717, 1.165) is 17.0 Å². The van der Waals surface area contributed by atoms with Gasteiger partial charge >= 0.3 is 5.82 Å². The summed E-state index contributed by atoms with van der Waals surface area (Å²) in [6.45, 7) is -1.58. The number of aromatic amines is 1. The maximum atomic E-state index is 12.2.